The monoisotopic (exact) mass is 1290 g/mol. The van der Waals surface area contributed by atoms with Gasteiger partial charge in [0.05, 0.1) is 49.8 Å². The molecule has 4 rings (SSSR count). The highest BCUT2D eigenvalue weighted by molar-refractivity contribution is 5.77. The van der Waals surface area contributed by atoms with Crippen LogP contribution < -0.4 is 0 Å². The third-order valence-electron chi connectivity index (χ3n) is 18.0. The van der Waals surface area contributed by atoms with Crippen LogP contribution in [0.5, 0.6) is 0 Å². The minimum absolute atomic E-state index is 0.174. The first-order valence-electron chi connectivity index (χ1n) is 38.9. The summed E-state index contributed by atoms with van der Waals surface area (Å²) in [6.45, 7) is 28.5. The van der Waals surface area contributed by atoms with Gasteiger partial charge in [-0.1, -0.05) is 204 Å². The van der Waals surface area contributed by atoms with E-state index in [1.807, 2.05) is 33.4 Å². The third-order valence-corrected chi connectivity index (χ3v) is 18.0. The Hall–Kier alpha value is -3.32. The molecule has 0 aromatic carbocycles. The number of rotatable bonds is 46. The van der Waals surface area contributed by atoms with E-state index in [-0.39, 0.29) is 36.6 Å². The summed E-state index contributed by atoms with van der Waals surface area (Å²) in [5.41, 5.74) is 0. The highest BCUT2D eigenvalue weighted by atomic mass is 16.5. The van der Waals surface area contributed by atoms with Crippen LogP contribution in [0.3, 0.4) is 0 Å². The van der Waals surface area contributed by atoms with Gasteiger partial charge in [-0.2, -0.15) is 0 Å². The molecule has 6 unspecified atom stereocenters. The Kier molecular flexibility index (Phi) is 58.9. The van der Waals surface area contributed by atoms with Gasteiger partial charge in [0, 0.05) is 78.0 Å². The maximum atomic E-state index is 12.3. The van der Waals surface area contributed by atoms with Gasteiger partial charge in [-0.25, -0.2) is 0 Å². The Morgan fingerprint density at radius 1 is 0.293 bits per heavy atom. The number of hydrogen-bond acceptors (Lipinski definition) is 8. The molecule has 0 radical (unpaired) electrons. The average Bonchev–Trinajstić information content (AvgIpc) is 1.90. The third kappa shape index (κ3) is 51.9. The molecule has 0 saturated carbocycles. The fourth-order valence-corrected chi connectivity index (χ4v) is 12.8. The molecule has 0 aromatic rings. The first kappa shape index (κ1) is 86.7. The number of nitrogens with zero attached hydrogens (tertiary/aromatic N) is 4. The zero-order valence-corrected chi connectivity index (χ0v) is 61.9. The van der Waals surface area contributed by atoms with Crippen molar-refractivity contribution >= 4 is 23.6 Å². The molecular formula is C80H148N4O8. The number of hydrogen-bond donors (Lipinski definition) is 0. The lowest BCUT2D eigenvalue weighted by Crippen LogP contribution is -2.48. The van der Waals surface area contributed by atoms with Crippen LogP contribution in [0.4, 0.5) is 0 Å². The van der Waals surface area contributed by atoms with Crippen LogP contribution >= 0.6 is 0 Å². The normalized spacial score (nSPS) is 20.3. The van der Waals surface area contributed by atoms with Gasteiger partial charge in [-0.3, -0.25) is 19.2 Å². The van der Waals surface area contributed by atoms with Gasteiger partial charge in [0.25, 0.3) is 0 Å². The van der Waals surface area contributed by atoms with Gasteiger partial charge in [0.2, 0.25) is 23.6 Å². The second-order valence-electron chi connectivity index (χ2n) is 27.6. The maximum Gasteiger partial charge on any atom is 0.222 e. The van der Waals surface area contributed by atoms with E-state index in [1.54, 1.807) is 0 Å². The molecule has 0 spiro atoms. The van der Waals surface area contributed by atoms with E-state index in [1.165, 1.54) is 218 Å². The van der Waals surface area contributed by atoms with Gasteiger partial charge in [-0.15, -0.1) is 0 Å². The molecule has 4 amide bonds. The molecule has 0 aliphatic carbocycles. The standard InChI is InChI=1S/C24H45NO2.C22H41NO2.C18H33NO2.C16H29NO2/c1-4-5-6-7-8-9-10-11-12-13-14-15-16-17-18-19-24(26)25-20-22(2)27-23(3)21-25;1-4-5-6-7-8-9-10-11-12-13-14-15-16-17-22(24)23-18-20(2)25-21(3)19-23;1-4-5-6-7-8-9-10-11-12-13-18(20)19-14-16(2)21-17(3)15-19;1-2-3-4-5-6-7-8-9-10-11-16(18)17-12-14-19-15-13-17/h10-11,22-23H,4-9,12-21H2,1-3H3;8-9,20-21H,4-7,10-19H2,1-3H3;4-5,16-17H,6-15H2,1-3H3;2-3H,4-15H2,1H3. The molecule has 0 N–H and O–H groups in total. The van der Waals surface area contributed by atoms with Gasteiger partial charge in [0.15, 0.2) is 0 Å². The van der Waals surface area contributed by atoms with Crippen LogP contribution in [0.25, 0.3) is 0 Å². The van der Waals surface area contributed by atoms with Gasteiger partial charge in [0.1, 0.15) is 0 Å². The van der Waals surface area contributed by atoms with Crippen LogP contribution in [0.15, 0.2) is 48.6 Å². The molecule has 4 heterocycles. The fraction of sp³-hybridized carbons (Fsp3) is 0.850. The Morgan fingerprint density at radius 3 is 0.761 bits per heavy atom. The van der Waals surface area contributed by atoms with Crippen LogP contribution in [0.2, 0.25) is 0 Å². The van der Waals surface area contributed by atoms with Crippen molar-refractivity contribution in [3.63, 3.8) is 0 Å². The summed E-state index contributed by atoms with van der Waals surface area (Å²) in [6, 6.07) is 0. The van der Waals surface area contributed by atoms with Gasteiger partial charge < -0.3 is 38.5 Å². The smallest absolute Gasteiger partial charge is 0.222 e. The average molecular weight is 1290 g/mol. The number of unbranched alkanes of at least 4 members (excludes halogenated alkanes) is 32. The first-order chi connectivity index (χ1) is 44.7. The summed E-state index contributed by atoms with van der Waals surface area (Å²) in [6.07, 6.45) is 70.1. The first-order valence-corrected chi connectivity index (χ1v) is 38.9. The quantitative estimate of drug-likeness (QED) is 0.0437. The lowest BCUT2D eigenvalue weighted by Gasteiger charge is -2.35. The Balaban J connectivity index is 0.000000619. The largest absolute Gasteiger partial charge is 0.378 e. The van der Waals surface area contributed by atoms with E-state index in [0.717, 1.165) is 84.5 Å². The topological polar surface area (TPSA) is 118 Å². The summed E-state index contributed by atoms with van der Waals surface area (Å²) in [7, 11) is 0. The van der Waals surface area contributed by atoms with Crippen molar-refractivity contribution in [3.05, 3.63) is 48.6 Å². The van der Waals surface area contributed by atoms with Gasteiger partial charge >= 0.3 is 0 Å². The van der Waals surface area contributed by atoms with Crippen molar-refractivity contribution in [2.45, 2.75) is 376 Å². The number of morpholine rings is 4. The van der Waals surface area contributed by atoms with Crippen LogP contribution in [-0.2, 0) is 38.1 Å². The van der Waals surface area contributed by atoms with E-state index in [2.05, 4.69) is 104 Å². The molecule has 92 heavy (non-hydrogen) atoms. The summed E-state index contributed by atoms with van der Waals surface area (Å²) in [4.78, 5) is 56.5. The Morgan fingerprint density at radius 2 is 0.500 bits per heavy atom. The van der Waals surface area contributed by atoms with E-state index in [4.69, 9.17) is 18.9 Å². The molecular weight excluding hydrogens is 1140 g/mol. The van der Waals surface area contributed by atoms with Crippen molar-refractivity contribution in [3.8, 4) is 0 Å². The molecule has 4 fully saturated rings. The minimum Gasteiger partial charge on any atom is -0.378 e. The Labute approximate surface area is 568 Å². The van der Waals surface area contributed by atoms with Crippen molar-refractivity contribution in [1.29, 1.82) is 0 Å². The predicted octanol–water partition coefficient (Wildman–Crippen LogP) is 20.4. The molecule has 12 heteroatoms. The SMILES string of the molecule is CC=CCCCCCCCCC(=O)N1CC(C)OC(C)C1.CC=CCCCCCCCCC(=O)N1CCOCC1.CCCCCC=CCCCCCCCCC(=O)N1CC(C)OC(C)C1.CCCCCCCC=CCCCCCCCCC(=O)N1CC(C)OC(C)C1. The molecule has 536 valence electrons. The van der Waals surface area contributed by atoms with Crippen molar-refractivity contribution < 1.29 is 38.1 Å². The highest BCUT2D eigenvalue weighted by Gasteiger charge is 2.28. The van der Waals surface area contributed by atoms with E-state index >= 15 is 0 Å². The van der Waals surface area contributed by atoms with E-state index in [9.17, 15) is 19.2 Å². The summed E-state index contributed by atoms with van der Waals surface area (Å²) < 4.78 is 22.3. The van der Waals surface area contributed by atoms with Gasteiger partial charge in [-0.05, 0) is 158 Å². The number of allylic oxidation sites excluding steroid dienone is 8. The van der Waals surface area contributed by atoms with Crippen molar-refractivity contribution in [2.75, 3.05) is 65.6 Å². The van der Waals surface area contributed by atoms with E-state index < -0.39 is 0 Å². The molecule has 12 nitrogen and oxygen atoms in total. The van der Waals surface area contributed by atoms with Crippen LogP contribution in [0.1, 0.15) is 339 Å². The van der Waals surface area contributed by atoms with Crippen molar-refractivity contribution in [1.82, 2.24) is 19.6 Å². The lowest BCUT2D eigenvalue weighted by atomic mass is 10.1. The predicted molar refractivity (Wildman–Crippen MR) is 390 cm³/mol. The molecule has 0 bridgehead atoms. The number of carbonyl (C=O) groups excluding carboxylic acids is 4. The fourth-order valence-electron chi connectivity index (χ4n) is 12.8. The van der Waals surface area contributed by atoms with Crippen LogP contribution in [0, 0.1) is 0 Å². The second kappa shape index (κ2) is 62.5. The number of amides is 4. The molecule has 4 aliphatic heterocycles. The zero-order chi connectivity index (χ0) is 67.3. The van der Waals surface area contributed by atoms with Crippen molar-refractivity contribution in [2.24, 2.45) is 0 Å². The second-order valence-corrected chi connectivity index (χ2v) is 27.6. The molecule has 6 atom stereocenters. The number of ether oxygens (including phenoxy) is 4. The minimum atomic E-state index is 0.174. The number of carbonyl (C=O) groups is 4. The highest BCUT2D eigenvalue weighted by Crippen LogP contribution is 2.19. The summed E-state index contributed by atoms with van der Waals surface area (Å²) >= 11 is 0. The summed E-state index contributed by atoms with van der Waals surface area (Å²) in [5, 5.41) is 0. The van der Waals surface area contributed by atoms with Crippen LogP contribution in [-0.4, -0.2) is 145 Å². The molecule has 4 aliphatic rings. The Bertz CT molecular complexity index is 1820. The maximum absolute atomic E-state index is 12.3. The molecule has 0 aromatic heterocycles. The zero-order valence-electron chi connectivity index (χ0n) is 61.9. The summed E-state index contributed by atoms with van der Waals surface area (Å²) in [5.74, 6) is 1.26. The lowest BCUT2D eigenvalue weighted by molar-refractivity contribution is -0.143. The van der Waals surface area contributed by atoms with E-state index in [0.29, 0.717) is 56.1 Å². The molecule has 4 saturated heterocycles.